The van der Waals surface area contributed by atoms with Crippen molar-refractivity contribution >= 4 is 35.8 Å². The minimum absolute atomic E-state index is 0. The molecule has 0 saturated carbocycles. The highest BCUT2D eigenvalue weighted by Crippen LogP contribution is 2.15. The van der Waals surface area contributed by atoms with E-state index in [-0.39, 0.29) is 36.0 Å². The number of hydrogen-bond donors (Lipinski definition) is 2. The summed E-state index contributed by atoms with van der Waals surface area (Å²) >= 11 is 0. The molecule has 2 fully saturated rings. The molecular formula is C20H31IN4O2. The molecule has 2 saturated heterocycles. The maximum Gasteiger partial charge on any atom is 0.251 e. The fraction of sp³-hybridized carbons (Fsp3) is 0.600. The quantitative estimate of drug-likeness (QED) is 0.381. The lowest BCUT2D eigenvalue weighted by Crippen LogP contribution is -2.43. The van der Waals surface area contributed by atoms with Gasteiger partial charge in [0.2, 0.25) is 0 Å². The van der Waals surface area contributed by atoms with Gasteiger partial charge in [-0.3, -0.25) is 4.79 Å². The van der Waals surface area contributed by atoms with Gasteiger partial charge in [0.15, 0.2) is 5.96 Å². The highest BCUT2D eigenvalue weighted by atomic mass is 127. The van der Waals surface area contributed by atoms with Gasteiger partial charge in [0.05, 0.1) is 12.6 Å². The van der Waals surface area contributed by atoms with Gasteiger partial charge in [0, 0.05) is 31.8 Å². The predicted molar refractivity (Wildman–Crippen MR) is 118 cm³/mol. The smallest absolute Gasteiger partial charge is 0.251 e. The number of ether oxygens (including phenoxy) is 1. The molecule has 0 aliphatic carbocycles. The molecule has 150 valence electrons. The molecule has 0 bridgehead atoms. The van der Waals surface area contributed by atoms with Crippen LogP contribution in [-0.2, 0) is 11.3 Å². The lowest BCUT2D eigenvalue weighted by atomic mass is 10.0. The summed E-state index contributed by atoms with van der Waals surface area (Å²) in [7, 11) is 0. The van der Waals surface area contributed by atoms with Gasteiger partial charge in [0.25, 0.3) is 5.91 Å². The summed E-state index contributed by atoms with van der Waals surface area (Å²) in [5.41, 5.74) is 7.80. The maximum atomic E-state index is 12.3. The van der Waals surface area contributed by atoms with E-state index in [2.05, 4.69) is 22.1 Å². The summed E-state index contributed by atoms with van der Waals surface area (Å²) < 4.78 is 5.54. The maximum absolute atomic E-state index is 12.3. The molecule has 3 rings (SSSR count). The zero-order chi connectivity index (χ0) is 18.4. The summed E-state index contributed by atoms with van der Waals surface area (Å²) in [6, 6.07) is 7.59. The van der Waals surface area contributed by atoms with Gasteiger partial charge in [-0.25, -0.2) is 4.99 Å². The topological polar surface area (TPSA) is 80.0 Å². The highest BCUT2D eigenvalue weighted by Gasteiger charge is 2.18. The number of rotatable bonds is 5. The Morgan fingerprint density at radius 2 is 2.22 bits per heavy atom. The van der Waals surface area contributed by atoms with Crippen molar-refractivity contribution in [3.05, 3.63) is 35.4 Å². The Morgan fingerprint density at radius 1 is 1.37 bits per heavy atom. The normalized spacial score (nSPS) is 23.0. The summed E-state index contributed by atoms with van der Waals surface area (Å²) in [5.74, 6) is 1.20. The van der Waals surface area contributed by atoms with Crippen molar-refractivity contribution in [1.29, 1.82) is 0 Å². The number of guanidine groups is 1. The molecular weight excluding hydrogens is 455 g/mol. The first-order valence-electron chi connectivity index (χ1n) is 9.65. The number of benzene rings is 1. The van der Waals surface area contributed by atoms with Crippen LogP contribution in [0.2, 0.25) is 0 Å². The Kier molecular flexibility index (Phi) is 8.82. The number of halogens is 1. The molecule has 0 aromatic heterocycles. The van der Waals surface area contributed by atoms with Crippen LogP contribution in [0.1, 0.15) is 48.5 Å². The fourth-order valence-corrected chi connectivity index (χ4v) is 3.59. The molecule has 2 aliphatic heterocycles. The van der Waals surface area contributed by atoms with Crippen LogP contribution in [0.3, 0.4) is 0 Å². The van der Waals surface area contributed by atoms with E-state index < -0.39 is 0 Å². The average Bonchev–Trinajstić information content (AvgIpc) is 3.18. The third-order valence-corrected chi connectivity index (χ3v) is 5.11. The molecule has 6 nitrogen and oxygen atoms in total. The second-order valence-corrected chi connectivity index (χ2v) is 7.41. The molecule has 2 unspecified atom stereocenters. The summed E-state index contributed by atoms with van der Waals surface area (Å²) in [6.45, 7) is 6.06. The first-order chi connectivity index (χ1) is 12.6. The Balaban J connectivity index is 0.00000261. The minimum Gasteiger partial charge on any atom is -0.376 e. The second-order valence-electron chi connectivity index (χ2n) is 7.41. The number of piperidine rings is 1. The lowest BCUT2D eigenvalue weighted by Gasteiger charge is -2.31. The predicted octanol–water partition coefficient (Wildman–Crippen LogP) is 2.76. The Labute approximate surface area is 178 Å². The molecule has 7 heteroatoms. The van der Waals surface area contributed by atoms with Gasteiger partial charge in [-0.05, 0) is 49.3 Å². The van der Waals surface area contributed by atoms with Crippen LogP contribution in [0, 0.1) is 5.92 Å². The van der Waals surface area contributed by atoms with Crippen LogP contribution in [0.15, 0.2) is 29.3 Å². The first-order valence-corrected chi connectivity index (χ1v) is 9.65. The van der Waals surface area contributed by atoms with Crippen molar-refractivity contribution in [3.8, 4) is 0 Å². The monoisotopic (exact) mass is 486 g/mol. The number of aliphatic imine (C=N–C) groups is 1. The molecule has 1 amide bonds. The molecule has 27 heavy (non-hydrogen) atoms. The number of hydrogen-bond acceptors (Lipinski definition) is 3. The highest BCUT2D eigenvalue weighted by molar-refractivity contribution is 14.0. The Hall–Kier alpha value is -1.35. The largest absolute Gasteiger partial charge is 0.376 e. The van der Waals surface area contributed by atoms with E-state index in [0.717, 1.165) is 44.5 Å². The third kappa shape index (κ3) is 6.64. The molecule has 1 aromatic carbocycles. The van der Waals surface area contributed by atoms with Crippen molar-refractivity contribution in [2.24, 2.45) is 16.6 Å². The minimum atomic E-state index is -0.0656. The summed E-state index contributed by atoms with van der Waals surface area (Å²) in [6.07, 6.45) is 4.66. The molecule has 2 aliphatic rings. The standard InChI is InChI=1S/C20H30N4O2.HI/c1-15-5-3-9-24(14-15)20(21)23-12-16-6-2-7-17(11-16)19(25)22-13-18-8-4-10-26-18;/h2,6-7,11,15,18H,3-5,8-10,12-14H2,1H3,(H2,21,23)(H,22,25);1H. The van der Waals surface area contributed by atoms with Crippen LogP contribution >= 0.6 is 24.0 Å². The van der Waals surface area contributed by atoms with Crippen molar-refractivity contribution in [2.45, 2.75) is 45.3 Å². The number of likely N-dealkylation sites (tertiary alicyclic amines) is 1. The van der Waals surface area contributed by atoms with Gasteiger partial charge in [0.1, 0.15) is 0 Å². The number of nitrogens with two attached hydrogens (primary N) is 1. The van der Waals surface area contributed by atoms with E-state index in [1.165, 1.54) is 6.42 Å². The van der Waals surface area contributed by atoms with Crippen LogP contribution < -0.4 is 11.1 Å². The van der Waals surface area contributed by atoms with E-state index in [9.17, 15) is 4.79 Å². The zero-order valence-corrected chi connectivity index (χ0v) is 18.4. The van der Waals surface area contributed by atoms with Crippen LogP contribution in [-0.4, -0.2) is 49.1 Å². The average molecular weight is 486 g/mol. The number of nitrogens with one attached hydrogen (secondary N) is 1. The Morgan fingerprint density at radius 3 is 2.96 bits per heavy atom. The van der Waals surface area contributed by atoms with Gasteiger partial charge >= 0.3 is 0 Å². The van der Waals surface area contributed by atoms with Crippen molar-refractivity contribution in [1.82, 2.24) is 10.2 Å². The van der Waals surface area contributed by atoms with E-state index >= 15 is 0 Å². The number of carbonyl (C=O) groups excluding carboxylic acids is 1. The van der Waals surface area contributed by atoms with Crippen LogP contribution in [0.5, 0.6) is 0 Å². The molecule has 2 atom stereocenters. The van der Waals surface area contributed by atoms with Gasteiger partial charge in [-0.1, -0.05) is 19.1 Å². The summed E-state index contributed by atoms with van der Waals surface area (Å²) in [5, 5.41) is 2.96. The number of amides is 1. The number of nitrogens with zero attached hydrogens (tertiary/aromatic N) is 2. The van der Waals surface area contributed by atoms with Gasteiger partial charge in [-0.2, -0.15) is 0 Å². The van der Waals surface area contributed by atoms with Crippen LogP contribution in [0.25, 0.3) is 0 Å². The van der Waals surface area contributed by atoms with E-state index in [0.29, 0.717) is 30.5 Å². The van der Waals surface area contributed by atoms with Gasteiger partial charge < -0.3 is 20.7 Å². The SMILES string of the molecule is CC1CCCN(C(N)=NCc2cccc(C(=O)NCC3CCCO3)c2)C1.I. The van der Waals surface area contributed by atoms with Crippen LogP contribution in [0.4, 0.5) is 0 Å². The van der Waals surface area contributed by atoms with Crippen molar-refractivity contribution in [2.75, 3.05) is 26.2 Å². The third-order valence-electron chi connectivity index (χ3n) is 5.11. The van der Waals surface area contributed by atoms with Gasteiger partial charge in [-0.15, -0.1) is 24.0 Å². The first kappa shape index (κ1) is 21.9. The molecule has 2 heterocycles. The summed E-state index contributed by atoms with van der Waals surface area (Å²) in [4.78, 5) is 19.0. The molecule has 3 N–H and O–H groups in total. The lowest BCUT2D eigenvalue weighted by molar-refractivity contribution is 0.0857. The van der Waals surface area contributed by atoms with Crippen molar-refractivity contribution < 1.29 is 9.53 Å². The second kappa shape index (κ2) is 10.8. The van der Waals surface area contributed by atoms with Crippen molar-refractivity contribution in [3.63, 3.8) is 0 Å². The fourth-order valence-electron chi connectivity index (χ4n) is 3.59. The van der Waals surface area contributed by atoms with E-state index in [1.807, 2.05) is 24.3 Å². The Bertz CT molecular complexity index is 647. The molecule has 0 spiro atoms. The molecule has 1 aromatic rings. The van der Waals surface area contributed by atoms with E-state index in [4.69, 9.17) is 10.5 Å². The number of carbonyl (C=O) groups is 1. The zero-order valence-electron chi connectivity index (χ0n) is 16.0. The molecule has 0 radical (unpaired) electrons. The van der Waals surface area contributed by atoms with E-state index in [1.54, 1.807) is 0 Å².